The van der Waals surface area contributed by atoms with E-state index in [9.17, 15) is 14.7 Å². The molecule has 39 heavy (non-hydrogen) atoms. The number of hydrogen-bond donors (Lipinski definition) is 3. The molecule has 5 rings (SSSR count). The largest absolute Gasteiger partial charge is 0.482 e. The fraction of sp³-hybridized carbons (Fsp3) is 0.500. The van der Waals surface area contributed by atoms with Crippen molar-refractivity contribution in [1.29, 1.82) is 0 Å². The van der Waals surface area contributed by atoms with Crippen molar-refractivity contribution >= 4 is 17.8 Å². The second kappa shape index (κ2) is 10.3. The maximum Gasteiger partial charge on any atom is 0.251 e. The highest BCUT2D eigenvalue weighted by Crippen LogP contribution is 2.48. The van der Waals surface area contributed by atoms with Gasteiger partial charge >= 0.3 is 0 Å². The number of nitrogens with zero attached hydrogens (tertiary/aromatic N) is 2. The molecule has 2 heterocycles. The van der Waals surface area contributed by atoms with Crippen molar-refractivity contribution in [2.45, 2.75) is 82.2 Å². The number of methoxy groups -OCH3 is 1. The highest BCUT2D eigenvalue weighted by Gasteiger charge is 2.53. The molecule has 2 aromatic carbocycles. The number of benzene rings is 2. The summed E-state index contributed by atoms with van der Waals surface area (Å²) in [5, 5.41) is 13.8. The number of hydrogen-bond acceptors (Lipinski definition) is 7. The van der Waals surface area contributed by atoms with Crippen LogP contribution in [0.4, 0.5) is 0 Å². The lowest BCUT2D eigenvalue weighted by molar-refractivity contribution is -0.135. The predicted molar refractivity (Wildman–Crippen MR) is 147 cm³/mol. The first-order chi connectivity index (χ1) is 18.6. The van der Waals surface area contributed by atoms with Crippen molar-refractivity contribution in [1.82, 2.24) is 10.2 Å². The Morgan fingerprint density at radius 2 is 1.97 bits per heavy atom. The minimum absolute atomic E-state index is 0.133. The Labute approximate surface area is 229 Å². The summed E-state index contributed by atoms with van der Waals surface area (Å²) >= 11 is 0. The SMILES string of the molecule is CCC1(CC)CC(=O)N(C2c3cc(C(=O)N[C@@H]4c5ccccc5CC[C@H]4O)ccc3O[C@@]2(C)COC)C(N)=N1. The monoisotopic (exact) mass is 534 g/mol. The maximum atomic E-state index is 13.6. The van der Waals surface area contributed by atoms with Crippen LogP contribution in [0.25, 0.3) is 0 Å². The van der Waals surface area contributed by atoms with Crippen molar-refractivity contribution in [3.05, 3.63) is 64.7 Å². The molecule has 0 spiro atoms. The number of ether oxygens (including phenoxy) is 2. The van der Waals surface area contributed by atoms with Crippen LogP contribution < -0.4 is 15.8 Å². The van der Waals surface area contributed by atoms with E-state index in [0.29, 0.717) is 36.1 Å². The second-order valence-electron chi connectivity index (χ2n) is 11.1. The van der Waals surface area contributed by atoms with Gasteiger partial charge in [0.2, 0.25) is 5.91 Å². The average Bonchev–Trinajstić information content (AvgIpc) is 3.20. The number of nitrogens with two attached hydrogens (primary N) is 1. The van der Waals surface area contributed by atoms with Crippen LogP contribution in [-0.2, 0) is 16.0 Å². The standard InChI is InChI=1S/C30H38N4O5/c1-5-30(6-2)16-24(36)34(28(31)33-30)26-21-15-19(12-14-23(21)39-29(26,3)17-38-4)27(37)32-25-20-10-8-7-9-18(20)11-13-22(25)35/h7-10,12,14-15,22,25-26,35H,5-6,11,13,16-17H2,1-4H3,(H2,31,33)(H,32,37)/t22-,25-,26?,29+/m1/s1. The third kappa shape index (κ3) is 4.67. The number of carbonyl (C=O) groups excluding carboxylic acids is 2. The molecule has 0 radical (unpaired) electrons. The molecule has 0 saturated heterocycles. The molecule has 4 atom stereocenters. The molecule has 2 amide bonds. The van der Waals surface area contributed by atoms with E-state index in [-0.39, 0.29) is 30.8 Å². The quantitative estimate of drug-likeness (QED) is 0.500. The smallest absolute Gasteiger partial charge is 0.251 e. The zero-order chi connectivity index (χ0) is 27.9. The minimum Gasteiger partial charge on any atom is -0.482 e. The van der Waals surface area contributed by atoms with Gasteiger partial charge < -0.3 is 25.6 Å². The summed E-state index contributed by atoms with van der Waals surface area (Å²) < 4.78 is 11.9. The molecule has 9 heteroatoms. The van der Waals surface area contributed by atoms with Crippen molar-refractivity contribution in [3.8, 4) is 5.75 Å². The van der Waals surface area contributed by atoms with E-state index in [2.05, 4.69) is 5.32 Å². The number of amides is 2. The molecule has 208 valence electrons. The number of fused-ring (bicyclic) bond motifs is 2. The second-order valence-corrected chi connectivity index (χ2v) is 11.1. The zero-order valence-electron chi connectivity index (χ0n) is 23.1. The van der Waals surface area contributed by atoms with Gasteiger partial charge in [-0.3, -0.25) is 14.5 Å². The first-order valence-electron chi connectivity index (χ1n) is 13.7. The van der Waals surface area contributed by atoms with Gasteiger partial charge in [0.25, 0.3) is 5.91 Å². The zero-order valence-corrected chi connectivity index (χ0v) is 23.1. The van der Waals surface area contributed by atoms with Gasteiger partial charge in [-0.05, 0) is 61.9 Å². The molecule has 4 N–H and O–H groups in total. The number of rotatable bonds is 7. The van der Waals surface area contributed by atoms with E-state index in [1.54, 1.807) is 25.3 Å². The molecular formula is C30H38N4O5. The van der Waals surface area contributed by atoms with Crippen LogP contribution in [0, 0.1) is 0 Å². The Bertz CT molecular complexity index is 1310. The summed E-state index contributed by atoms with van der Waals surface area (Å²) in [5.41, 5.74) is 8.14. The fourth-order valence-electron chi connectivity index (χ4n) is 6.35. The number of aryl methyl sites for hydroxylation is 1. The molecule has 0 fully saturated rings. The van der Waals surface area contributed by atoms with E-state index in [0.717, 1.165) is 17.5 Å². The summed E-state index contributed by atoms with van der Waals surface area (Å²) in [6.07, 6.45) is 2.32. The Morgan fingerprint density at radius 1 is 1.23 bits per heavy atom. The lowest BCUT2D eigenvalue weighted by Crippen LogP contribution is -2.58. The summed E-state index contributed by atoms with van der Waals surface area (Å²) in [5.74, 6) is 0.255. The third-order valence-electron chi connectivity index (χ3n) is 8.61. The molecule has 3 aliphatic rings. The molecule has 9 nitrogen and oxygen atoms in total. The summed E-state index contributed by atoms with van der Waals surface area (Å²) in [6.45, 7) is 6.10. The van der Waals surface area contributed by atoms with Gasteiger partial charge in [-0.1, -0.05) is 38.1 Å². The van der Waals surface area contributed by atoms with Crippen molar-refractivity contribution < 1.29 is 24.2 Å². The van der Waals surface area contributed by atoms with Crippen LogP contribution >= 0.6 is 0 Å². The van der Waals surface area contributed by atoms with E-state index in [1.165, 1.54) is 4.90 Å². The summed E-state index contributed by atoms with van der Waals surface area (Å²) in [7, 11) is 1.58. The first kappa shape index (κ1) is 27.1. The van der Waals surface area contributed by atoms with Gasteiger partial charge in [-0.25, -0.2) is 4.99 Å². The predicted octanol–water partition coefficient (Wildman–Crippen LogP) is 3.41. The number of aliphatic imine (C=N–C) groups is 1. The summed E-state index contributed by atoms with van der Waals surface area (Å²) in [4.78, 5) is 33.4. The lowest BCUT2D eigenvalue weighted by atomic mass is 9.85. The van der Waals surface area contributed by atoms with Crippen LogP contribution in [0.2, 0.25) is 0 Å². The van der Waals surface area contributed by atoms with E-state index >= 15 is 0 Å². The van der Waals surface area contributed by atoms with Crippen LogP contribution in [0.15, 0.2) is 47.5 Å². The maximum absolute atomic E-state index is 13.6. The third-order valence-corrected chi connectivity index (χ3v) is 8.61. The highest BCUT2D eigenvalue weighted by molar-refractivity contribution is 6.00. The molecule has 2 aromatic rings. The van der Waals surface area contributed by atoms with Gasteiger partial charge in [0, 0.05) is 18.2 Å². The Balaban J connectivity index is 1.50. The van der Waals surface area contributed by atoms with Gasteiger partial charge in [0.15, 0.2) is 11.6 Å². The van der Waals surface area contributed by atoms with Gasteiger partial charge in [0.1, 0.15) is 11.8 Å². The molecule has 0 aromatic heterocycles. The molecule has 0 saturated carbocycles. The molecule has 1 aliphatic carbocycles. The van der Waals surface area contributed by atoms with E-state index in [1.807, 2.05) is 45.0 Å². The topological polar surface area (TPSA) is 126 Å². The van der Waals surface area contributed by atoms with E-state index in [4.69, 9.17) is 20.2 Å². The number of carbonyl (C=O) groups is 2. The molecule has 2 aliphatic heterocycles. The first-order valence-corrected chi connectivity index (χ1v) is 13.7. The molecule has 1 unspecified atom stereocenters. The Kier molecular flexibility index (Phi) is 7.15. The molecule has 0 bridgehead atoms. The Morgan fingerprint density at radius 3 is 2.67 bits per heavy atom. The normalized spacial score (nSPS) is 27.3. The van der Waals surface area contributed by atoms with E-state index < -0.39 is 29.3 Å². The fourth-order valence-corrected chi connectivity index (χ4v) is 6.35. The van der Waals surface area contributed by atoms with Crippen molar-refractivity contribution in [2.24, 2.45) is 10.7 Å². The lowest BCUT2D eigenvalue weighted by Gasteiger charge is -2.42. The van der Waals surface area contributed by atoms with Crippen LogP contribution in [0.5, 0.6) is 5.75 Å². The van der Waals surface area contributed by atoms with Crippen LogP contribution in [-0.4, -0.2) is 58.7 Å². The molecular weight excluding hydrogens is 496 g/mol. The van der Waals surface area contributed by atoms with Gasteiger partial charge in [-0.15, -0.1) is 0 Å². The number of guanidine groups is 1. The average molecular weight is 535 g/mol. The van der Waals surface area contributed by atoms with Gasteiger partial charge in [0.05, 0.1) is 30.7 Å². The van der Waals surface area contributed by atoms with Crippen LogP contribution in [0.3, 0.4) is 0 Å². The summed E-state index contributed by atoms with van der Waals surface area (Å²) in [6, 6.07) is 11.9. The Hall–Kier alpha value is -3.43. The number of aliphatic hydroxyl groups excluding tert-OH is 1. The number of aliphatic hydroxyl groups is 1. The highest BCUT2D eigenvalue weighted by atomic mass is 16.5. The van der Waals surface area contributed by atoms with Crippen LogP contribution in [0.1, 0.15) is 85.6 Å². The van der Waals surface area contributed by atoms with Gasteiger partial charge in [-0.2, -0.15) is 0 Å². The minimum atomic E-state index is -0.946. The van der Waals surface area contributed by atoms with Crippen molar-refractivity contribution in [3.63, 3.8) is 0 Å². The van der Waals surface area contributed by atoms with Crippen molar-refractivity contribution in [2.75, 3.05) is 13.7 Å². The number of nitrogens with one attached hydrogen (secondary N) is 1.